The number of nitrogens with one attached hydrogen (secondary N) is 1. The fourth-order valence-corrected chi connectivity index (χ4v) is 4.36. The average Bonchev–Trinajstić information content (AvgIpc) is 3.07. The first-order valence-electron chi connectivity index (χ1n) is 10.5. The van der Waals surface area contributed by atoms with Gasteiger partial charge in [0.1, 0.15) is 16.7 Å². The van der Waals surface area contributed by atoms with Crippen molar-refractivity contribution >= 4 is 40.1 Å². The quantitative estimate of drug-likeness (QED) is 0.518. The minimum Gasteiger partial charge on any atom is -0.495 e. The third kappa shape index (κ3) is 6.67. The minimum absolute atomic E-state index is 0.0235. The molecule has 1 unspecified atom stereocenters. The number of benzene rings is 2. The van der Waals surface area contributed by atoms with Crippen LogP contribution in [0.3, 0.4) is 0 Å². The molecule has 1 heterocycles. The van der Waals surface area contributed by atoms with Crippen LogP contribution in [0.15, 0.2) is 53.5 Å². The fraction of sp³-hybridized carbons (Fsp3) is 0.348. The molecular formula is C23H25F2N3O4S. The Morgan fingerprint density at radius 3 is 2.61 bits per heavy atom. The van der Waals surface area contributed by atoms with Crippen molar-refractivity contribution in [1.82, 2.24) is 4.90 Å². The Hall–Kier alpha value is -3.14. The number of hydrogen-bond acceptors (Lipinski definition) is 6. The number of thioether (sulfide) groups is 1. The van der Waals surface area contributed by atoms with E-state index in [9.17, 15) is 18.4 Å². The summed E-state index contributed by atoms with van der Waals surface area (Å²) < 4.78 is 34.3. The van der Waals surface area contributed by atoms with E-state index in [4.69, 9.17) is 4.74 Å². The summed E-state index contributed by atoms with van der Waals surface area (Å²) in [5, 5.41) is 2.65. The second-order valence-electron chi connectivity index (χ2n) is 7.17. The van der Waals surface area contributed by atoms with Gasteiger partial charge in [-0.2, -0.15) is 8.78 Å². The molecule has 0 bridgehead atoms. The predicted molar refractivity (Wildman–Crippen MR) is 124 cm³/mol. The Morgan fingerprint density at radius 1 is 1.21 bits per heavy atom. The van der Waals surface area contributed by atoms with Gasteiger partial charge in [-0.05, 0) is 42.8 Å². The first-order chi connectivity index (χ1) is 15.9. The van der Waals surface area contributed by atoms with Gasteiger partial charge in [-0.3, -0.25) is 14.5 Å². The van der Waals surface area contributed by atoms with Crippen LogP contribution in [0.4, 0.5) is 20.2 Å². The Balaban J connectivity index is 1.73. The number of amides is 2. The lowest BCUT2D eigenvalue weighted by Gasteiger charge is -2.16. The van der Waals surface area contributed by atoms with Crippen molar-refractivity contribution in [3.05, 3.63) is 48.5 Å². The molecule has 1 saturated heterocycles. The molecule has 2 aromatic rings. The maximum absolute atomic E-state index is 13.0. The van der Waals surface area contributed by atoms with Crippen molar-refractivity contribution < 1.29 is 27.8 Å². The number of unbranched alkanes of at least 4 members (excludes halogenated alkanes) is 1. The Bertz CT molecular complexity index is 1000. The number of amidine groups is 1. The zero-order valence-electron chi connectivity index (χ0n) is 18.3. The maximum Gasteiger partial charge on any atom is 0.387 e. The van der Waals surface area contributed by atoms with E-state index in [1.54, 1.807) is 29.2 Å². The zero-order chi connectivity index (χ0) is 23.8. The normalized spacial score (nSPS) is 17.0. The van der Waals surface area contributed by atoms with Gasteiger partial charge in [0.25, 0.3) is 0 Å². The van der Waals surface area contributed by atoms with Gasteiger partial charge >= 0.3 is 6.61 Å². The monoisotopic (exact) mass is 477 g/mol. The summed E-state index contributed by atoms with van der Waals surface area (Å²) in [5.41, 5.74) is 1.02. The van der Waals surface area contributed by atoms with E-state index < -0.39 is 11.9 Å². The third-order valence-electron chi connectivity index (χ3n) is 4.79. The molecule has 0 aliphatic carbocycles. The van der Waals surface area contributed by atoms with Gasteiger partial charge in [0.05, 0.1) is 18.5 Å². The molecule has 7 nitrogen and oxygen atoms in total. The molecule has 0 radical (unpaired) electrons. The number of nitrogens with zero attached hydrogens (tertiary/aromatic N) is 2. The van der Waals surface area contributed by atoms with Crippen molar-refractivity contribution in [2.24, 2.45) is 4.99 Å². The van der Waals surface area contributed by atoms with Gasteiger partial charge in [0, 0.05) is 13.0 Å². The van der Waals surface area contributed by atoms with E-state index >= 15 is 0 Å². The van der Waals surface area contributed by atoms with E-state index in [1.807, 2.05) is 6.92 Å². The number of aliphatic imine (C=N–C) groups is 1. The molecule has 176 valence electrons. The van der Waals surface area contributed by atoms with E-state index in [0.717, 1.165) is 12.8 Å². The molecular weight excluding hydrogens is 452 g/mol. The highest BCUT2D eigenvalue weighted by Gasteiger charge is 2.38. The lowest BCUT2D eigenvalue weighted by molar-refractivity contribution is -0.128. The summed E-state index contributed by atoms with van der Waals surface area (Å²) in [7, 11) is 1.52. The zero-order valence-corrected chi connectivity index (χ0v) is 19.1. The molecule has 2 aromatic carbocycles. The van der Waals surface area contributed by atoms with Crippen molar-refractivity contribution in [1.29, 1.82) is 0 Å². The second-order valence-corrected chi connectivity index (χ2v) is 8.34. The number of halogens is 2. The van der Waals surface area contributed by atoms with Crippen LogP contribution in [-0.4, -0.2) is 47.4 Å². The van der Waals surface area contributed by atoms with Gasteiger partial charge in [0.2, 0.25) is 11.8 Å². The second kappa shape index (κ2) is 11.6. The van der Waals surface area contributed by atoms with Gasteiger partial charge in [-0.25, -0.2) is 4.99 Å². The molecule has 0 spiro atoms. The highest BCUT2D eigenvalue weighted by molar-refractivity contribution is 8.15. The highest BCUT2D eigenvalue weighted by Crippen LogP contribution is 2.33. The van der Waals surface area contributed by atoms with E-state index in [-0.39, 0.29) is 24.0 Å². The minimum atomic E-state index is -2.91. The average molecular weight is 478 g/mol. The first-order valence-corrected chi connectivity index (χ1v) is 11.3. The lowest BCUT2D eigenvalue weighted by Crippen LogP contribution is -2.34. The van der Waals surface area contributed by atoms with Crippen molar-refractivity contribution in [2.75, 3.05) is 19.0 Å². The molecule has 1 fully saturated rings. The number of para-hydroxylation sites is 2. The number of methoxy groups -OCH3 is 1. The van der Waals surface area contributed by atoms with Gasteiger partial charge in [0.15, 0.2) is 5.17 Å². The SMILES string of the molecule is CCCCN1C(=O)C(CC(=O)Nc2ccccc2OC)SC1=Nc1ccc(OC(F)F)cc1. The number of ether oxygens (including phenoxy) is 2. The molecule has 2 amide bonds. The van der Waals surface area contributed by atoms with Gasteiger partial charge in [-0.1, -0.05) is 37.2 Å². The van der Waals surface area contributed by atoms with E-state index in [0.29, 0.717) is 28.8 Å². The van der Waals surface area contributed by atoms with E-state index in [2.05, 4.69) is 15.0 Å². The van der Waals surface area contributed by atoms with Crippen LogP contribution >= 0.6 is 11.8 Å². The number of rotatable bonds is 10. The molecule has 1 aliphatic rings. The highest BCUT2D eigenvalue weighted by atomic mass is 32.2. The standard InChI is InChI=1S/C23H25F2N3O4S/c1-3-4-13-28-21(30)19(14-20(29)27-17-7-5-6-8-18(17)31-2)33-23(28)26-15-9-11-16(12-10-15)32-22(24)25/h5-12,19,22H,3-4,13-14H2,1-2H3,(H,27,29). The number of anilines is 1. The molecule has 10 heteroatoms. The predicted octanol–water partition coefficient (Wildman–Crippen LogP) is 5.06. The van der Waals surface area contributed by atoms with Crippen molar-refractivity contribution in [3.8, 4) is 11.5 Å². The van der Waals surface area contributed by atoms with Crippen LogP contribution in [-0.2, 0) is 9.59 Å². The van der Waals surface area contributed by atoms with Crippen LogP contribution in [0, 0.1) is 0 Å². The third-order valence-corrected chi connectivity index (χ3v) is 5.97. The molecule has 1 atom stereocenters. The number of carbonyl (C=O) groups excluding carboxylic acids is 2. The molecule has 1 aliphatic heterocycles. The summed E-state index contributed by atoms with van der Waals surface area (Å²) in [5.74, 6) is 0.0655. The van der Waals surface area contributed by atoms with Crippen LogP contribution in [0.1, 0.15) is 26.2 Å². The first kappa shape index (κ1) is 24.5. The summed E-state index contributed by atoms with van der Waals surface area (Å²) in [4.78, 5) is 31.7. The maximum atomic E-state index is 13.0. The largest absolute Gasteiger partial charge is 0.495 e. The summed E-state index contributed by atoms with van der Waals surface area (Å²) >= 11 is 1.22. The Labute approximate surface area is 195 Å². The molecule has 33 heavy (non-hydrogen) atoms. The number of alkyl halides is 2. The van der Waals surface area contributed by atoms with Crippen molar-refractivity contribution in [2.45, 2.75) is 38.0 Å². The van der Waals surface area contributed by atoms with Crippen molar-refractivity contribution in [3.63, 3.8) is 0 Å². The molecule has 3 rings (SSSR count). The van der Waals surface area contributed by atoms with Gasteiger partial charge < -0.3 is 14.8 Å². The van der Waals surface area contributed by atoms with Crippen LogP contribution < -0.4 is 14.8 Å². The topological polar surface area (TPSA) is 80.2 Å². The smallest absolute Gasteiger partial charge is 0.387 e. The lowest BCUT2D eigenvalue weighted by atomic mass is 10.2. The van der Waals surface area contributed by atoms with Crippen LogP contribution in [0.2, 0.25) is 0 Å². The molecule has 0 saturated carbocycles. The van der Waals surface area contributed by atoms with Crippen LogP contribution in [0.25, 0.3) is 0 Å². The van der Waals surface area contributed by atoms with Crippen LogP contribution in [0.5, 0.6) is 11.5 Å². The summed E-state index contributed by atoms with van der Waals surface area (Å²) in [6, 6.07) is 12.9. The molecule has 0 aromatic heterocycles. The Kier molecular flexibility index (Phi) is 8.65. The van der Waals surface area contributed by atoms with E-state index in [1.165, 1.54) is 43.1 Å². The fourth-order valence-electron chi connectivity index (χ4n) is 3.18. The summed E-state index contributed by atoms with van der Waals surface area (Å²) in [6.45, 7) is -0.402. The molecule has 1 N–H and O–H groups in total. The number of carbonyl (C=O) groups is 2. The number of hydrogen-bond donors (Lipinski definition) is 1. The Morgan fingerprint density at radius 2 is 1.94 bits per heavy atom. The summed E-state index contributed by atoms with van der Waals surface area (Å²) in [6.07, 6.45) is 1.65. The van der Waals surface area contributed by atoms with Gasteiger partial charge in [-0.15, -0.1) is 0 Å².